The molecule has 0 radical (unpaired) electrons. The Balaban J connectivity index is 0.00000288. The lowest BCUT2D eigenvalue weighted by atomic mass is 10.2. The molecule has 1 fully saturated rings. The van der Waals surface area contributed by atoms with Crippen molar-refractivity contribution in [2.75, 3.05) is 26.7 Å². The van der Waals surface area contributed by atoms with Gasteiger partial charge in [0.05, 0.1) is 18.8 Å². The van der Waals surface area contributed by atoms with E-state index in [1.807, 2.05) is 19.1 Å². The number of alkyl halides is 3. The van der Waals surface area contributed by atoms with Crippen LogP contribution in [0.2, 0.25) is 0 Å². The van der Waals surface area contributed by atoms with Crippen LogP contribution in [-0.2, 0) is 6.54 Å². The maximum atomic E-state index is 12.4. The summed E-state index contributed by atoms with van der Waals surface area (Å²) < 4.78 is 37.2. The Morgan fingerprint density at radius 2 is 2.21 bits per heavy atom. The molecule has 0 saturated carbocycles. The number of guanidine groups is 1. The van der Waals surface area contributed by atoms with E-state index in [1.165, 1.54) is 4.90 Å². The summed E-state index contributed by atoms with van der Waals surface area (Å²) in [5, 5.41) is 6.33. The van der Waals surface area contributed by atoms with Crippen LogP contribution in [-0.4, -0.2) is 54.7 Å². The summed E-state index contributed by atoms with van der Waals surface area (Å²) in [6, 6.07) is 3.82. The number of hydrogen-bond acceptors (Lipinski definition) is 3. The van der Waals surface area contributed by atoms with Gasteiger partial charge in [-0.25, -0.2) is 0 Å². The average molecular weight is 457 g/mol. The van der Waals surface area contributed by atoms with Gasteiger partial charge >= 0.3 is 6.18 Å². The monoisotopic (exact) mass is 457 g/mol. The Kier molecular flexibility index (Phi) is 8.20. The number of aryl methyl sites for hydroxylation is 1. The quantitative estimate of drug-likeness (QED) is 0.414. The number of likely N-dealkylation sites (tertiary alicyclic amines) is 1. The standard InChI is InChI=1S/C15H22F3N5.HI/c1-11-4-3-6-20-13(11)8-21-14(19-2)22-12-5-7-23(9-12)10-15(16,17)18;/h3-4,6,12H,5,7-10H2,1-2H3,(H2,19,21,22);1H. The number of nitrogens with zero attached hydrogens (tertiary/aromatic N) is 3. The van der Waals surface area contributed by atoms with E-state index >= 15 is 0 Å². The van der Waals surface area contributed by atoms with Gasteiger partial charge in [-0.1, -0.05) is 6.07 Å². The molecule has 1 atom stereocenters. The molecule has 2 N–H and O–H groups in total. The minimum atomic E-state index is -4.15. The third-order valence-electron chi connectivity index (χ3n) is 3.78. The third-order valence-corrected chi connectivity index (χ3v) is 3.78. The van der Waals surface area contributed by atoms with Gasteiger partial charge in [-0.05, 0) is 25.0 Å². The van der Waals surface area contributed by atoms with Crippen molar-refractivity contribution >= 4 is 29.9 Å². The minimum absolute atomic E-state index is 0. The summed E-state index contributed by atoms with van der Waals surface area (Å²) in [7, 11) is 1.64. The molecule has 0 bridgehead atoms. The van der Waals surface area contributed by atoms with Crippen molar-refractivity contribution in [3.05, 3.63) is 29.6 Å². The summed E-state index contributed by atoms with van der Waals surface area (Å²) in [4.78, 5) is 9.82. The molecular weight excluding hydrogens is 434 g/mol. The summed E-state index contributed by atoms with van der Waals surface area (Å²) >= 11 is 0. The van der Waals surface area contributed by atoms with Crippen LogP contribution in [0.15, 0.2) is 23.3 Å². The zero-order valence-electron chi connectivity index (χ0n) is 13.7. The molecule has 1 saturated heterocycles. The number of halogens is 4. The van der Waals surface area contributed by atoms with Crippen molar-refractivity contribution in [3.63, 3.8) is 0 Å². The zero-order valence-corrected chi connectivity index (χ0v) is 16.1. The van der Waals surface area contributed by atoms with E-state index in [4.69, 9.17) is 0 Å². The van der Waals surface area contributed by atoms with Gasteiger partial charge in [0.25, 0.3) is 0 Å². The summed E-state index contributed by atoms with van der Waals surface area (Å²) in [6.45, 7) is 2.44. The van der Waals surface area contributed by atoms with Crippen molar-refractivity contribution in [2.24, 2.45) is 4.99 Å². The van der Waals surface area contributed by atoms with Crippen molar-refractivity contribution in [1.82, 2.24) is 20.5 Å². The van der Waals surface area contributed by atoms with E-state index in [2.05, 4.69) is 20.6 Å². The fourth-order valence-electron chi connectivity index (χ4n) is 2.61. The molecule has 0 aliphatic carbocycles. The molecule has 2 heterocycles. The molecule has 1 unspecified atom stereocenters. The van der Waals surface area contributed by atoms with Crippen LogP contribution in [0, 0.1) is 6.92 Å². The molecule has 1 aliphatic heterocycles. The lowest BCUT2D eigenvalue weighted by Crippen LogP contribution is -2.45. The molecule has 1 aromatic rings. The smallest absolute Gasteiger partial charge is 0.352 e. The molecule has 0 spiro atoms. The van der Waals surface area contributed by atoms with Gasteiger partial charge in [-0.15, -0.1) is 24.0 Å². The van der Waals surface area contributed by atoms with Crippen LogP contribution >= 0.6 is 24.0 Å². The lowest BCUT2D eigenvalue weighted by Gasteiger charge is -2.20. The highest BCUT2D eigenvalue weighted by atomic mass is 127. The number of nitrogens with one attached hydrogen (secondary N) is 2. The van der Waals surface area contributed by atoms with E-state index in [0.29, 0.717) is 32.0 Å². The second kappa shape index (κ2) is 9.40. The fourth-order valence-corrected chi connectivity index (χ4v) is 2.61. The Hall–Kier alpha value is -1.10. The Morgan fingerprint density at radius 3 is 2.83 bits per heavy atom. The van der Waals surface area contributed by atoms with Gasteiger partial charge in [-0.2, -0.15) is 13.2 Å². The van der Waals surface area contributed by atoms with Crippen LogP contribution in [0.1, 0.15) is 17.7 Å². The zero-order chi connectivity index (χ0) is 16.9. The summed E-state index contributed by atoms with van der Waals surface area (Å²) in [6.07, 6.45) is -1.75. The highest BCUT2D eigenvalue weighted by molar-refractivity contribution is 14.0. The van der Waals surface area contributed by atoms with Gasteiger partial charge in [0.15, 0.2) is 5.96 Å². The number of rotatable bonds is 4. The maximum Gasteiger partial charge on any atom is 0.401 e. The largest absolute Gasteiger partial charge is 0.401 e. The van der Waals surface area contributed by atoms with E-state index in [0.717, 1.165) is 11.3 Å². The number of aliphatic imine (C=N–C) groups is 1. The van der Waals surface area contributed by atoms with Crippen LogP contribution in [0.3, 0.4) is 0 Å². The van der Waals surface area contributed by atoms with E-state index < -0.39 is 12.7 Å². The van der Waals surface area contributed by atoms with Gasteiger partial charge < -0.3 is 10.6 Å². The third kappa shape index (κ3) is 6.80. The van der Waals surface area contributed by atoms with Crippen LogP contribution in [0.4, 0.5) is 13.2 Å². The van der Waals surface area contributed by atoms with Crippen molar-refractivity contribution in [2.45, 2.75) is 32.1 Å². The summed E-state index contributed by atoms with van der Waals surface area (Å²) in [5.41, 5.74) is 1.99. The molecule has 24 heavy (non-hydrogen) atoms. The average Bonchev–Trinajstić information content (AvgIpc) is 2.90. The number of aromatic nitrogens is 1. The fraction of sp³-hybridized carbons (Fsp3) is 0.600. The Bertz CT molecular complexity index is 550. The first-order valence-electron chi connectivity index (χ1n) is 7.54. The van der Waals surface area contributed by atoms with Crippen molar-refractivity contribution < 1.29 is 13.2 Å². The molecule has 9 heteroatoms. The first-order chi connectivity index (χ1) is 10.9. The Morgan fingerprint density at radius 1 is 1.46 bits per heavy atom. The SMILES string of the molecule is CN=C(NCc1ncccc1C)NC1CCN(CC(F)(F)F)C1.I. The van der Waals surface area contributed by atoms with Crippen molar-refractivity contribution in [3.8, 4) is 0 Å². The predicted molar refractivity (Wildman–Crippen MR) is 98.6 cm³/mol. The molecule has 0 amide bonds. The highest BCUT2D eigenvalue weighted by Gasteiger charge is 2.34. The topological polar surface area (TPSA) is 52.6 Å². The minimum Gasteiger partial charge on any atom is -0.352 e. The molecule has 0 aromatic carbocycles. The molecule has 2 rings (SSSR count). The van der Waals surface area contributed by atoms with E-state index in [-0.39, 0.29) is 30.0 Å². The van der Waals surface area contributed by atoms with Gasteiger partial charge in [0.2, 0.25) is 0 Å². The molecular formula is C15H23F3IN5. The van der Waals surface area contributed by atoms with Crippen LogP contribution in [0.5, 0.6) is 0 Å². The number of pyridine rings is 1. The normalized spacial score (nSPS) is 19.0. The van der Waals surface area contributed by atoms with Crippen LogP contribution < -0.4 is 10.6 Å². The summed E-state index contributed by atoms with van der Waals surface area (Å²) in [5.74, 6) is 0.578. The van der Waals surface area contributed by atoms with E-state index in [9.17, 15) is 13.2 Å². The van der Waals surface area contributed by atoms with Gasteiger partial charge in [0, 0.05) is 32.4 Å². The molecule has 5 nitrogen and oxygen atoms in total. The molecule has 136 valence electrons. The van der Waals surface area contributed by atoms with Gasteiger partial charge in [-0.3, -0.25) is 14.9 Å². The van der Waals surface area contributed by atoms with Gasteiger partial charge in [0.1, 0.15) is 0 Å². The van der Waals surface area contributed by atoms with E-state index in [1.54, 1.807) is 13.2 Å². The Labute approximate surface area is 157 Å². The first kappa shape index (κ1) is 20.9. The lowest BCUT2D eigenvalue weighted by molar-refractivity contribution is -0.143. The highest BCUT2D eigenvalue weighted by Crippen LogP contribution is 2.19. The van der Waals surface area contributed by atoms with Crippen LogP contribution in [0.25, 0.3) is 0 Å². The maximum absolute atomic E-state index is 12.4. The molecule has 1 aromatic heterocycles. The second-order valence-electron chi connectivity index (χ2n) is 5.67. The van der Waals surface area contributed by atoms with Crippen molar-refractivity contribution in [1.29, 1.82) is 0 Å². The predicted octanol–water partition coefficient (Wildman–Crippen LogP) is 2.31. The first-order valence-corrected chi connectivity index (χ1v) is 7.54. The molecule has 1 aliphatic rings. The second-order valence-corrected chi connectivity index (χ2v) is 5.67. The number of hydrogen-bond donors (Lipinski definition) is 2.